The van der Waals surface area contributed by atoms with Crippen LogP contribution in [0.2, 0.25) is 0 Å². The van der Waals surface area contributed by atoms with Gasteiger partial charge in [0.05, 0.1) is 16.8 Å². The number of imide groups is 1. The third-order valence-corrected chi connectivity index (χ3v) is 6.11. The van der Waals surface area contributed by atoms with Gasteiger partial charge in [0.1, 0.15) is 0 Å². The van der Waals surface area contributed by atoms with Crippen LogP contribution >= 0.6 is 11.3 Å². The van der Waals surface area contributed by atoms with E-state index in [4.69, 9.17) is 0 Å². The van der Waals surface area contributed by atoms with Gasteiger partial charge >= 0.3 is 0 Å². The molecule has 0 atom stereocenters. The van der Waals surface area contributed by atoms with Gasteiger partial charge in [0, 0.05) is 17.5 Å². The summed E-state index contributed by atoms with van der Waals surface area (Å²) in [5.41, 5.74) is 2.78. The Bertz CT molecular complexity index is 1340. The molecule has 8 nitrogen and oxygen atoms in total. The summed E-state index contributed by atoms with van der Waals surface area (Å²) in [6, 6.07) is 14.2. The van der Waals surface area contributed by atoms with Crippen molar-refractivity contribution in [1.29, 1.82) is 0 Å². The molecule has 154 valence electrons. The Morgan fingerprint density at radius 2 is 1.84 bits per heavy atom. The molecule has 1 aliphatic heterocycles. The molecule has 2 aromatic heterocycles. The molecule has 0 saturated carbocycles. The maximum Gasteiger partial charge on any atom is 0.261 e. The Hall–Kier alpha value is -3.85. The zero-order valence-electron chi connectivity index (χ0n) is 16.5. The minimum absolute atomic E-state index is 0.187. The molecule has 0 spiro atoms. The molecular formula is C22H17N5O3S. The molecule has 9 heteroatoms. The number of nitrogens with zero attached hydrogens (tertiary/aromatic N) is 4. The summed E-state index contributed by atoms with van der Waals surface area (Å²) in [6.07, 6.45) is 0.572. The highest BCUT2D eigenvalue weighted by molar-refractivity contribution is 7.15. The topological polar surface area (TPSA) is 96.7 Å². The van der Waals surface area contributed by atoms with Gasteiger partial charge in [-0.05, 0) is 37.1 Å². The van der Waals surface area contributed by atoms with Crippen LogP contribution in [0.3, 0.4) is 0 Å². The zero-order chi connectivity index (χ0) is 21.5. The highest BCUT2D eigenvalue weighted by Crippen LogP contribution is 2.25. The van der Waals surface area contributed by atoms with Crippen molar-refractivity contribution in [2.45, 2.75) is 13.3 Å². The summed E-state index contributed by atoms with van der Waals surface area (Å²) < 4.78 is 1.65. The molecule has 5 rings (SSSR count). The lowest BCUT2D eigenvalue weighted by Gasteiger charge is -2.13. The summed E-state index contributed by atoms with van der Waals surface area (Å²) in [4.78, 5) is 44.4. The number of anilines is 1. The number of carbonyl (C=O) groups is 3. The van der Waals surface area contributed by atoms with Gasteiger partial charge in [-0.3, -0.25) is 24.6 Å². The van der Waals surface area contributed by atoms with Gasteiger partial charge < -0.3 is 0 Å². The number of carbonyl (C=O) groups excluding carboxylic acids is 3. The highest BCUT2D eigenvalue weighted by Gasteiger charge is 2.35. The molecule has 31 heavy (non-hydrogen) atoms. The second-order valence-corrected chi connectivity index (χ2v) is 8.06. The van der Waals surface area contributed by atoms with Crippen molar-refractivity contribution in [3.8, 4) is 0 Å². The van der Waals surface area contributed by atoms with E-state index in [0.717, 1.165) is 11.3 Å². The summed E-state index contributed by atoms with van der Waals surface area (Å²) in [5.74, 6) is -0.981. The molecule has 0 radical (unpaired) electrons. The Morgan fingerprint density at radius 3 is 2.61 bits per heavy atom. The number of nitrogens with one attached hydrogen (secondary N) is 1. The third kappa shape index (κ3) is 3.38. The van der Waals surface area contributed by atoms with Crippen molar-refractivity contribution >= 4 is 40.0 Å². The number of hydrogen-bond donors (Lipinski definition) is 1. The van der Waals surface area contributed by atoms with Crippen molar-refractivity contribution < 1.29 is 14.4 Å². The van der Waals surface area contributed by atoms with Gasteiger partial charge in [0.15, 0.2) is 0 Å². The molecule has 0 bridgehead atoms. The van der Waals surface area contributed by atoms with Crippen LogP contribution in [0.4, 0.5) is 5.95 Å². The zero-order valence-corrected chi connectivity index (χ0v) is 17.3. The normalized spacial score (nSPS) is 13.1. The standard InChI is InChI=1S/C22H17N5O3S/c1-13-12-31-22-24-21(25-27(13)22)23-18(28)15-7-8-16-17(11-15)20(30)26(19(16)29)10-9-14-5-3-2-4-6-14/h2-8,11-12H,9-10H2,1H3,(H,23,25,28). The average molecular weight is 431 g/mol. The first-order valence-electron chi connectivity index (χ1n) is 9.67. The van der Waals surface area contributed by atoms with Crippen molar-refractivity contribution in [1.82, 2.24) is 19.5 Å². The van der Waals surface area contributed by atoms with Gasteiger partial charge in [-0.15, -0.1) is 16.4 Å². The van der Waals surface area contributed by atoms with E-state index < -0.39 is 5.91 Å². The first-order chi connectivity index (χ1) is 15.0. The minimum Gasteiger partial charge on any atom is -0.289 e. The quantitative estimate of drug-likeness (QED) is 0.490. The minimum atomic E-state index is -0.443. The predicted molar refractivity (Wildman–Crippen MR) is 116 cm³/mol. The van der Waals surface area contributed by atoms with E-state index in [-0.39, 0.29) is 35.4 Å². The third-order valence-electron chi connectivity index (χ3n) is 5.17. The van der Waals surface area contributed by atoms with Crippen LogP contribution in [0.15, 0.2) is 53.9 Å². The number of amides is 3. The van der Waals surface area contributed by atoms with Crippen LogP contribution in [-0.4, -0.2) is 43.8 Å². The van der Waals surface area contributed by atoms with Crippen molar-refractivity contribution in [2.75, 3.05) is 11.9 Å². The van der Waals surface area contributed by atoms with Gasteiger partial charge in [-0.25, -0.2) is 4.52 Å². The molecule has 2 aromatic carbocycles. The number of rotatable bonds is 5. The van der Waals surface area contributed by atoms with Crippen LogP contribution < -0.4 is 5.32 Å². The van der Waals surface area contributed by atoms with Crippen LogP contribution in [0.1, 0.15) is 42.3 Å². The summed E-state index contributed by atoms with van der Waals surface area (Å²) in [7, 11) is 0. The van der Waals surface area contributed by atoms with E-state index in [2.05, 4.69) is 15.4 Å². The second kappa shape index (κ2) is 7.44. The fourth-order valence-electron chi connectivity index (χ4n) is 3.54. The Balaban J connectivity index is 1.33. The molecular weight excluding hydrogens is 414 g/mol. The lowest BCUT2D eigenvalue weighted by Crippen LogP contribution is -2.31. The van der Waals surface area contributed by atoms with E-state index in [1.54, 1.807) is 4.52 Å². The van der Waals surface area contributed by atoms with Gasteiger partial charge in [-0.1, -0.05) is 30.3 Å². The summed E-state index contributed by atoms with van der Waals surface area (Å²) in [5, 5.41) is 8.83. The van der Waals surface area contributed by atoms with Crippen LogP contribution in [-0.2, 0) is 6.42 Å². The molecule has 1 aliphatic rings. The van der Waals surface area contributed by atoms with Crippen LogP contribution in [0, 0.1) is 6.92 Å². The lowest BCUT2D eigenvalue weighted by atomic mass is 10.1. The lowest BCUT2D eigenvalue weighted by molar-refractivity contribution is 0.0656. The van der Waals surface area contributed by atoms with Crippen molar-refractivity contribution in [3.05, 3.63) is 81.9 Å². The van der Waals surface area contributed by atoms with Gasteiger partial charge in [0.25, 0.3) is 23.7 Å². The maximum atomic E-state index is 12.8. The van der Waals surface area contributed by atoms with E-state index >= 15 is 0 Å². The fraction of sp³-hybridized carbons (Fsp3) is 0.136. The van der Waals surface area contributed by atoms with Gasteiger partial charge in [0.2, 0.25) is 4.96 Å². The number of hydrogen-bond acceptors (Lipinski definition) is 6. The Kier molecular flexibility index (Phi) is 4.59. The Labute approximate surface area is 181 Å². The Morgan fingerprint density at radius 1 is 1.06 bits per heavy atom. The number of fused-ring (bicyclic) bond motifs is 2. The van der Waals surface area contributed by atoms with Crippen LogP contribution in [0.25, 0.3) is 4.96 Å². The number of aromatic nitrogens is 3. The van der Waals surface area contributed by atoms with Crippen LogP contribution in [0.5, 0.6) is 0 Å². The first-order valence-corrected chi connectivity index (χ1v) is 10.6. The smallest absolute Gasteiger partial charge is 0.261 e. The fourth-order valence-corrected chi connectivity index (χ4v) is 4.34. The largest absolute Gasteiger partial charge is 0.289 e. The van der Waals surface area contributed by atoms with Gasteiger partial charge in [-0.2, -0.15) is 4.98 Å². The molecule has 0 aliphatic carbocycles. The number of thiazole rings is 1. The van der Waals surface area contributed by atoms with Crippen molar-refractivity contribution in [2.24, 2.45) is 0 Å². The average Bonchev–Trinajstić information content (AvgIpc) is 3.41. The molecule has 0 unspecified atom stereocenters. The highest BCUT2D eigenvalue weighted by atomic mass is 32.1. The number of benzene rings is 2. The molecule has 0 saturated heterocycles. The second-order valence-electron chi connectivity index (χ2n) is 7.22. The maximum absolute atomic E-state index is 12.8. The summed E-state index contributed by atoms with van der Waals surface area (Å²) in [6.45, 7) is 2.18. The van der Waals surface area contributed by atoms with E-state index in [0.29, 0.717) is 16.9 Å². The van der Waals surface area contributed by atoms with E-state index in [9.17, 15) is 14.4 Å². The van der Waals surface area contributed by atoms with E-state index in [1.807, 2.05) is 42.6 Å². The predicted octanol–water partition coefficient (Wildman–Crippen LogP) is 3.19. The summed E-state index contributed by atoms with van der Waals surface area (Å²) >= 11 is 1.43. The molecule has 4 aromatic rings. The first kappa shape index (κ1) is 19.1. The molecule has 0 fully saturated rings. The molecule has 3 heterocycles. The van der Waals surface area contributed by atoms with Crippen molar-refractivity contribution in [3.63, 3.8) is 0 Å². The number of aryl methyl sites for hydroxylation is 1. The van der Waals surface area contributed by atoms with E-state index in [1.165, 1.54) is 34.4 Å². The molecule has 1 N–H and O–H groups in total. The SMILES string of the molecule is Cc1csc2nc(NC(=O)c3ccc4c(c3)C(=O)N(CCc3ccccc3)C4=O)nn12. The molecule has 3 amide bonds. The monoisotopic (exact) mass is 431 g/mol.